The van der Waals surface area contributed by atoms with Crippen LogP contribution in [0.3, 0.4) is 0 Å². The summed E-state index contributed by atoms with van der Waals surface area (Å²) in [5, 5.41) is 0. The lowest BCUT2D eigenvalue weighted by Gasteiger charge is -1.94. The number of furan rings is 1. The molecule has 0 N–H and O–H groups in total. The van der Waals surface area contributed by atoms with E-state index in [4.69, 9.17) is 4.42 Å². The summed E-state index contributed by atoms with van der Waals surface area (Å²) >= 11 is 1.56. The van der Waals surface area contributed by atoms with Crippen molar-refractivity contribution >= 4 is 17.1 Å². The Morgan fingerprint density at radius 3 is 2.62 bits per heavy atom. The van der Waals surface area contributed by atoms with Gasteiger partial charge in [-0.2, -0.15) is 0 Å². The minimum absolute atomic E-state index is 0.0686. The third kappa shape index (κ3) is 1.95. The van der Waals surface area contributed by atoms with Gasteiger partial charge in [0.15, 0.2) is 0 Å². The van der Waals surface area contributed by atoms with Gasteiger partial charge in [-0.25, -0.2) is 0 Å². The molecule has 0 spiro atoms. The second-order valence-corrected chi connectivity index (χ2v) is 4.94. The molecule has 0 aliphatic heterocycles. The van der Waals surface area contributed by atoms with Crippen molar-refractivity contribution < 1.29 is 9.21 Å². The quantitative estimate of drug-likeness (QED) is 0.757. The molecule has 0 bridgehead atoms. The van der Waals surface area contributed by atoms with E-state index < -0.39 is 0 Å². The molecule has 0 aliphatic carbocycles. The monoisotopic (exact) mass is 234 g/mol. The summed E-state index contributed by atoms with van der Waals surface area (Å²) in [5.41, 5.74) is 0.682. The van der Waals surface area contributed by atoms with Gasteiger partial charge >= 0.3 is 0 Å². The van der Waals surface area contributed by atoms with E-state index in [0.717, 1.165) is 17.1 Å². The smallest absolute Gasteiger partial charge is 0.206 e. The number of hydrogen-bond donors (Lipinski definition) is 0. The molecule has 0 fully saturated rings. The van der Waals surface area contributed by atoms with E-state index >= 15 is 0 Å². The maximum Gasteiger partial charge on any atom is 0.206 e. The first-order chi connectivity index (χ1) is 7.61. The van der Waals surface area contributed by atoms with Crippen LogP contribution in [0.25, 0.3) is 0 Å². The highest BCUT2D eigenvalue weighted by Crippen LogP contribution is 2.23. The second kappa shape index (κ2) is 4.26. The van der Waals surface area contributed by atoms with E-state index in [2.05, 4.69) is 6.92 Å². The third-order valence-electron chi connectivity index (χ3n) is 2.52. The van der Waals surface area contributed by atoms with Gasteiger partial charge in [0, 0.05) is 4.88 Å². The summed E-state index contributed by atoms with van der Waals surface area (Å²) in [7, 11) is 0. The molecule has 0 saturated heterocycles. The molecule has 0 aliphatic rings. The molecule has 84 valence electrons. The number of aryl methyl sites for hydroxylation is 3. The SMILES string of the molecule is CCc1ccc(C(=O)c2cc(C)oc2C)s1. The average molecular weight is 234 g/mol. The molecule has 0 saturated carbocycles. The number of ketones is 1. The van der Waals surface area contributed by atoms with Crippen LogP contribution >= 0.6 is 11.3 Å². The Kier molecular flexibility index (Phi) is 2.97. The molecular formula is C13H14O2S. The van der Waals surface area contributed by atoms with Crippen LogP contribution < -0.4 is 0 Å². The van der Waals surface area contributed by atoms with Crippen molar-refractivity contribution in [3.05, 3.63) is 45.0 Å². The average Bonchev–Trinajstić information content (AvgIpc) is 2.84. The summed E-state index contributed by atoms with van der Waals surface area (Å²) in [6.07, 6.45) is 0.974. The van der Waals surface area contributed by atoms with E-state index in [1.807, 2.05) is 32.0 Å². The van der Waals surface area contributed by atoms with E-state index in [0.29, 0.717) is 11.3 Å². The van der Waals surface area contributed by atoms with Crippen molar-refractivity contribution in [2.24, 2.45) is 0 Å². The van der Waals surface area contributed by atoms with Crippen molar-refractivity contribution in [2.75, 3.05) is 0 Å². The summed E-state index contributed by atoms with van der Waals surface area (Å²) in [6, 6.07) is 5.72. The number of rotatable bonds is 3. The lowest BCUT2D eigenvalue weighted by molar-refractivity contribution is 0.104. The zero-order valence-corrected chi connectivity index (χ0v) is 10.5. The van der Waals surface area contributed by atoms with Crippen LogP contribution in [0.15, 0.2) is 22.6 Å². The molecule has 0 radical (unpaired) electrons. The molecule has 0 aromatic carbocycles. The second-order valence-electron chi connectivity index (χ2n) is 3.78. The predicted molar refractivity (Wildman–Crippen MR) is 65.3 cm³/mol. The number of hydrogen-bond acceptors (Lipinski definition) is 3. The van der Waals surface area contributed by atoms with Crippen LogP contribution in [0.2, 0.25) is 0 Å². The molecule has 2 rings (SSSR count). The lowest BCUT2D eigenvalue weighted by atomic mass is 10.1. The number of thiophene rings is 1. The zero-order valence-electron chi connectivity index (χ0n) is 9.66. The Balaban J connectivity index is 2.35. The lowest BCUT2D eigenvalue weighted by Crippen LogP contribution is -1.98. The van der Waals surface area contributed by atoms with Crippen molar-refractivity contribution in [1.29, 1.82) is 0 Å². The first kappa shape index (κ1) is 11.1. The summed E-state index contributed by atoms with van der Waals surface area (Å²) in [4.78, 5) is 14.2. The molecule has 16 heavy (non-hydrogen) atoms. The van der Waals surface area contributed by atoms with Crippen LogP contribution in [-0.2, 0) is 6.42 Å². The van der Waals surface area contributed by atoms with Gasteiger partial charge in [-0.3, -0.25) is 4.79 Å². The highest BCUT2D eigenvalue weighted by atomic mass is 32.1. The maximum absolute atomic E-state index is 12.2. The van der Waals surface area contributed by atoms with E-state index in [1.54, 1.807) is 11.3 Å². The number of carbonyl (C=O) groups excluding carboxylic acids is 1. The molecule has 0 amide bonds. The first-order valence-corrected chi connectivity index (χ1v) is 6.14. The molecule has 2 aromatic rings. The maximum atomic E-state index is 12.2. The van der Waals surface area contributed by atoms with Gasteiger partial charge < -0.3 is 4.42 Å². The molecule has 0 unspecified atom stereocenters. The Hall–Kier alpha value is -1.35. The Morgan fingerprint density at radius 1 is 1.38 bits per heavy atom. The molecule has 0 atom stereocenters. The minimum Gasteiger partial charge on any atom is -0.466 e. The van der Waals surface area contributed by atoms with Crippen molar-refractivity contribution in [3.63, 3.8) is 0 Å². The van der Waals surface area contributed by atoms with Gasteiger partial charge in [-0.05, 0) is 38.5 Å². The molecule has 2 nitrogen and oxygen atoms in total. The van der Waals surface area contributed by atoms with E-state index in [9.17, 15) is 4.79 Å². The van der Waals surface area contributed by atoms with Gasteiger partial charge in [0.2, 0.25) is 5.78 Å². The fourth-order valence-corrected chi connectivity index (χ4v) is 2.58. The molecule has 2 aromatic heterocycles. The zero-order chi connectivity index (χ0) is 11.7. The van der Waals surface area contributed by atoms with Crippen LogP contribution in [-0.4, -0.2) is 5.78 Å². The summed E-state index contributed by atoms with van der Waals surface area (Å²) in [6.45, 7) is 5.78. The van der Waals surface area contributed by atoms with Crippen molar-refractivity contribution in [3.8, 4) is 0 Å². The molecular weight excluding hydrogens is 220 g/mol. The number of carbonyl (C=O) groups is 1. The van der Waals surface area contributed by atoms with Gasteiger partial charge in [-0.15, -0.1) is 11.3 Å². The van der Waals surface area contributed by atoms with Crippen LogP contribution in [0.4, 0.5) is 0 Å². The fourth-order valence-electron chi connectivity index (χ4n) is 1.68. The third-order valence-corrected chi connectivity index (χ3v) is 3.75. The normalized spacial score (nSPS) is 10.7. The van der Waals surface area contributed by atoms with Crippen LogP contribution in [0.5, 0.6) is 0 Å². The topological polar surface area (TPSA) is 30.2 Å². The Labute approximate surface area is 98.9 Å². The summed E-state index contributed by atoms with van der Waals surface area (Å²) in [5.74, 6) is 1.56. The van der Waals surface area contributed by atoms with Crippen LogP contribution in [0, 0.1) is 13.8 Å². The summed E-state index contributed by atoms with van der Waals surface area (Å²) < 4.78 is 5.37. The van der Waals surface area contributed by atoms with Crippen molar-refractivity contribution in [2.45, 2.75) is 27.2 Å². The Bertz CT molecular complexity index is 520. The largest absolute Gasteiger partial charge is 0.466 e. The Morgan fingerprint density at radius 2 is 2.12 bits per heavy atom. The highest BCUT2D eigenvalue weighted by molar-refractivity contribution is 7.14. The highest BCUT2D eigenvalue weighted by Gasteiger charge is 2.16. The minimum atomic E-state index is 0.0686. The van der Waals surface area contributed by atoms with Crippen LogP contribution in [0.1, 0.15) is 38.6 Å². The predicted octanol–water partition coefficient (Wildman–Crippen LogP) is 3.75. The first-order valence-electron chi connectivity index (χ1n) is 5.32. The van der Waals surface area contributed by atoms with Gasteiger partial charge in [0.05, 0.1) is 10.4 Å². The molecule has 2 heterocycles. The van der Waals surface area contributed by atoms with Gasteiger partial charge in [-0.1, -0.05) is 6.92 Å². The van der Waals surface area contributed by atoms with Gasteiger partial charge in [0.25, 0.3) is 0 Å². The van der Waals surface area contributed by atoms with Crippen molar-refractivity contribution in [1.82, 2.24) is 0 Å². The fraction of sp³-hybridized carbons (Fsp3) is 0.308. The molecule has 3 heteroatoms. The van der Waals surface area contributed by atoms with E-state index in [1.165, 1.54) is 4.88 Å². The van der Waals surface area contributed by atoms with Gasteiger partial charge in [0.1, 0.15) is 11.5 Å². The standard InChI is InChI=1S/C13H14O2S/c1-4-10-5-6-12(16-10)13(14)11-7-8(2)15-9(11)3/h5-7H,4H2,1-3H3. The van der Waals surface area contributed by atoms with E-state index in [-0.39, 0.29) is 5.78 Å².